The lowest BCUT2D eigenvalue weighted by Crippen LogP contribution is -2.29. The molecular formula is C29H24N2O6. The predicted molar refractivity (Wildman–Crippen MR) is 138 cm³/mol. The van der Waals surface area contributed by atoms with Gasteiger partial charge in [-0.15, -0.1) is 0 Å². The highest BCUT2D eigenvalue weighted by molar-refractivity contribution is 6.52. The number of Topliss-reactive ketones (excluding diaryl/α,β-unsaturated/α-hetero) is 1. The monoisotopic (exact) mass is 496 g/mol. The van der Waals surface area contributed by atoms with Crippen LogP contribution in [0.5, 0.6) is 17.2 Å². The third-order valence-corrected chi connectivity index (χ3v) is 6.74. The van der Waals surface area contributed by atoms with Crippen LogP contribution in [0.1, 0.15) is 29.7 Å². The number of carbonyl (C=O) groups excluding carboxylic acids is 2. The number of para-hydroxylation sites is 1. The van der Waals surface area contributed by atoms with Gasteiger partial charge in [-0.05, 0) is 55.8 Å². The predicted octanol–water partition coefficient (Wildman–Crippen LogP) is 5.23. The smallest absolute Gasteiger partial charge is 0.300 e. The zero-order valence-corrected chi connectivity index (χ0v) is 20.3. The first-order valence-corrected chi connectivity index (χ1v) is 12.0. The molecule has 6 rings (SSSR count). The summed E-state index contributed by atoms with van der Waals surface area (Å²) in [5.41, 5.74) is 3.25. The molecule has 1 aromatic heterocycles. The Labute approximate surface area is 212 Å². The van der Waals surface area contributed by atoms with E-state index >= 15 is 0 Å². The van der Waals surface area contributed by atoms with E-state index in [0.29, 0.717) is 40.7 Å². The van der Waals surface area contributed by atoms with Gasteiger partial charge in [-0.2, -0.15) is 0 Å². The van der Waals surface area contributed by atoms with Crippen molar-refractivity contribution in [3.05, 3.63) is 89.1 Å². The number of ketones is 1. The van der Waals surface area contributed by atoms with Crippen molar-refractivity contribution in [2.24, 2.45) is 0 Å². The fourth-order valence-electron chi connectivity index (χ4n) is 5.02. The summed E-state index contributed by atoms with van der Waals surface area (Å²) in [6, 6.07) is 17.0. The molecule has 0 radical (unpaired) electrons. The Hall–Kier alpha value is -4.72. The Morgan fingerprint density at radius 3 is 2.70 bits per heavy atom. The highest BCUT2D eigenvalue weighted by atomic mass is 16.7. The molecule has 3 heterocycles. The number of H-pyrrole nitrogens is 1. The number of aromatic nitrogens is 1. The van der Waals surface area contributed by atoms with Crippen LogP contribution >= 0.6 is 0 Å². The molecule has 0 saturated carbocycles. The lowest BCUT2D eigenvalue weighted by atomic mass is 9.94. The maximum atomic E-state index is 13.5. The highest BCUT2D eigenvalue weighted by Crippen LogP contribution is 2.46. The van der Waals surface area contributed by atoms with Gasteiger partial charge in [0.1, 0.15) is 11.5 Å². The number of aryl methyl sites for hydroxylation is 1. The van der Waals surface area contributed by atoms with Crippen molar-refractivity contribution in [3.8, 4) is 17.2 Å². The minimum Gasteiger partial charge on any atom is -0.507 e. The quantitative estimate of drug-likeness (QED) is 0.223. The van der Waals surface area contributed by atoms with Gasteiger partial charge in [-0.1, -0.05) is 18.2 Å². The number of aromatic amines is 1. The molecule has 1 unspecified atom stereocenters. The van der Waals surface area contributed by atoms with Gasteiger partial charge in [-0.25, -0.2) is 0 Å². The first-order chi connectivity index (χ1) is 18.0. The zero-order valence-electron chi connectivity index (χ0n) is 20.3. The number of aliphatic hydroxyl groups excluding tert-OH is 1. The first-order valence-electron chi connectivity index (χ1n) is 12.0. The molecule has 2 N–H and O–H groups in total. The second-order valence-electron chi connectivity index (χ2n) is 8.91. The molecule has 1 fully saturated rings. The second kappa shape index (κ2) is 8.74. The number of benzene rings is 3. The molecule has 1 amide bonds. The number of amides is 1. The van der Waals surface area contributed by atoms with E-state index in [1.807, 2.05) is 38.1 Å². The van der Waals surface area contributed by atoms with Crippen molar-refractivity contribution in [3.63, 3.8) is 0 Å². The van der Waals surface area contributed by atoms with E-state index in [1.165, 1.54) is 4.90 Å². The molecule has 8 nitrogen and oxygen atoms in total. The SMILES string of the molecule is CCOc1ccc(/C(O)=C2\C(=O)C(=O)N(c3ccc4c(c3)OCO4)C2c2c[nH]c3ccccc23)cc1C. The summed E-state index contributed by atoms with van der Waals surface area (Å²) < 4.78 is 16.6. The van der Waals surface area contributed by atoms with Crippen LogP contribution in [0.4, 0.5) is 5.69 Å². The summed E-state index contributed by atoms with van der Waals surface area (Å²) in [5.74, 6) is -0.0144. The zero-order chi connectivity index (χ0) is 25.7. The van der Waals surface area contributed by atoms with Crippen LogP contribution in [0.2, 0.25) is 0 Å². The number of nitrogens with zero attached hydrogens (tertiary/aromatic N) is 1. The topological polar surface area (TPSA) is 101 Å². The van der Waals surface area contributed by atoms with Crippen LogP contribution < -0.4 is 19.1 Å². The lowest BCUT2D eigenvalue weighted by Gasteiger charge is -2.25. The molecule has 186 valence electrons. The number of aliphatic hydroxyl groups is 1. The fourth-order valence-corrected chi connectivity index (χ4v) is 5.02. The Bertz CT molecular complexity index is 1600. The van der Waals surface area contributed by atoms with Gasteiger partial charge in [0.05, 0.1) is 18.2 Å². The second-order valence-corrected chi connectivity index (χ2v) is 8.91. The fraction of sp³-hybridized carbons (Fsp3) is 0.172. The van der Waals surface area contributed by atoms with E-state index < -0.39 is 17.7 Å². The molecule has 0 spiro atoms. The van der Waals surface area contributed by atoms with Crippen molar-refractivity contribution < 1.29 is 28.9 Å². The van der Waals surface area contributed by atoms with Gasteiger partial charge >= 0.3 is 0 Å². The molecule has 1 saturated heterocycles. The number of carbonyl (C=O) groups is 2. The van der Waals surface area contributed by atoms with Crippen LogP contribution in [0, 0.1) is 6.92 Å². The minimum atomic E-state index is -0.872. The number of nitrogens with one attached hydrogen (secondary N) is 1. The van der Waals surface area contributed by atoms with Gasteiger partial charge < -0.3 is 24.3 Å². The van der Waals surface area contributed by atoms with Crippen molar-refractivity contribution in [2.45, 2.75) is 19.9 Å². The van der Waals surface area contributed by atoms with Gasteiger partial charge in [0, 0.05) is 40.0 Å². The van der Waals surface area contributed by atoms with Gasteiger partial charge in [-0.3, -0.25) is 14.5 Å². The Morgan fingerprint density at radius 1 is 1.08 bits per heavy atom. The molecule has 37 heavy (non-hydrogen) atoms. The molecule has 4 aromatic rings. The number of ether oxygens (including phenoxy) is 3. The minimum absolute atomic E-state index is 0.0102. The summed E-state index contributed by atoms with van der Waals surface area (Å²) in [7, 11) is 0. The van der Waals surface area contributed by atoms with Gasteiger partial charge in [0.2, 0.25) is 6.79 Å². The van der Waals surface area contributed by atoms with Crippen molar-refractivity contribution >= 4 is 34.0 Å². The highest BCUT2D eigenvalue weighted by Gasteiger charge is 2.48. The van der Waals surface area contributed by atoms with Crippen molar-refractivity contribution in [2.75, 3.05) is 18.3 Å². The van der Waals surface area contributed by atoms with E-state index in [4.69, 9.17) is 14.2 Å². The lowest BCUT2D eigenvalue weighted by molar-refractivity contribution is -0.132. The number of rotatable bonds is 5. The van der Waals surface area contributed by atoms with Crippen LogP contribution in [-0.4, -0.2) is 35.2 Å². The Balaban J connectivity index is 1.56. The molecule has 3 aromatic carbocycles. The van der Waals surface area contributed by atoms with Crippen molar-refractivity contribution in [1.82, 2.24) is 4.98 Å². The van der Waals surface area contributed by atoms with Crippen LogP contribution in [0.3, 0.4) is 0 Å². The van der Waals surface area contributed by atoms with Crippen LogP contribution in [0.25, 0.3) is 16.7 Å². The van der Waals surface area contributed by atoms with Gasteiger partial charge in [0.25, 0.3) is 11.7 Å². The third kappa shape index (κ3) is 3.60. The van der Waals surface area contributed by atoms with E-state index in [9.17, 15) is 14.7 Å². The number of anilines is 1. The molecule has 0 aliphatic carbocycles. The standard InChI is InChI=1S/C29H24N2O6/c1-3-35-22-10-8-17(12-16(22)2)27(32)25-26(20-14-30-21-7-5-4-6-19(20)21)31(29(34)28(25)33)18-9-11-23-24(13-18)37-15-36-23/h4-14,26,30,32H,3,15H2,1-2H3/b27-25+. The Morgan fingerprint density at radius 2 is 1.89 bits per heavy atom. The summed E-state index contributed by atoms with van der Waals surface area (Å²) in [5, 5.41) is 12.3. The summed E-state index contributed by atoms with van der Waals surface area (Å²) in [6.45, 7) is 4.35. The van der Waals surface area contributed by atoms with E-state index in [1.54, 1.807) is 42.6 Å². The average Bonchev–Trinajstić information content (AvgIpc) is 3.61. The molecule has 8 heteroatoms. The number of hydrogen-bond acceptors (Lipinski definition) is 6. The number of hydrogen-bond donors (Lipinski definition) is 2. The first kappa shape index (κ1) is 22.7. The normalized spacial score (nSPS) is 18.1. The third-order valence-electron chi connectivity index (χ3n) is 6.74. The van der Waals surface area contributed by atoms with E-state index in [2.05, 4.69) is 4.98 Å². The van der Waals surface area contributed by atoms with Gasteiger partial charge in [0.15, 0.2) is 11.5 Å². The summed E-state index contributed by atoms with van der Waals surface area (Å²) >= 11 is 0. The maximum absolute atomic E-state index is 13.5. The summed E-state index contributed by atoms with van der Waals surface area (Å²) in [6.07, 6.45) is 1.78. The van der Waals surface area contributed by atoms with Crippen LogP contribution in [-0.2, 0) is 9.59 Å². The molecule has 1 atom stereocenters. The van der Waals surface area contributed by atoms with E-state index in [-0.39, 0.29) is 18.1 Å². The largest absolute Gasteiger partial charge is 0.507 e. The maximum Gasteiger partial charge on any atom is 0.300 e. The summed E-state index contributed by atoms with van der Waals surface area (Å²) in [4.78, 5) is 31.7. The van der Waals surface area contributed by atoms with Crippen molar-refractivity contribution in [1.29, 1.82) is 0 Å². The molecule has 2 aliphatic heterocycles. The number of fused-ring (bicyclic) bond motifs is 2. The van der Waals surface area contributed by atoms with E-state index in [0.717, 1.165) is 16.5 Å². The Kier molecular flexibility index (Phi) is 5.37. The molecular weight excluding hydrogens is 472 g/mol. The molecule has 2 aliphatic rings. The average molecular weight is 497 g/mol. The van der Waals surface area contributed by atoms with Crippen LogP contribution in [0.15, 0.2) is 72.4 Å². The molecule has 0 bridgehead atoms.